The Bertz CT molecular complexity index is 414. The first-order chi connectivity index (χ1) is 8.54. The van der Waals surface area contributed by atoms with Gasteiger partial charge in [0.2, 0.25) is 6.23 Å². The van der Waals surface area contributed by atoms with E-state index >= 15 is 0 Å². The largest absolute Gasteiger partial charge is 0.347 e. The van der Waals surface area contributed by atoms with Crippen LogP contribution in [0.4, 0.5) is 8.78 Å². The van der Waals surface area contributed by atoms with E-state index in [4.69, 9.17) is 5.84 Å². The fourth-order valence-corrected chi connectivity index (χ4v) is 1.13. The number of carbonyl (C=O) groups is 2. The average molecular weight is 259 g/mol. The van der Waals surface area contributed by atoms with Gasteiger partial charge in [-0.15, -0.1) is 0 Å². The van der Waals surface area contributed by atoms with Gasteiger partial charge in [0.25, 0.3) is 11.8 Å². The topological polar surface area (TPSA) is 93.5 Å². The number of hydrogen-bond acceptors (Lipinski definition) is 4. The molecule has 2 amide bonds. The van der Waals surface area contributed by atoms with Crippen LogP contribution in [-0.2, 0) is 9.53 Å². The van der Waals surface area contributed by atoms with E-state index in [1.807, 2.05) is 5.32 Å². The SMILES string of the molecule is NNC(=O)C(NC(=O)c1ccccc1)OC(F)F. The second-order valence-corrected chi connectivity index (χ2v) is 3.12. The molecule has 0 fully saturated rings. The maximum Gasteiger partial charge on any atom is 0.347 e. The number of ether oxygens (including phenoxy) is 1. The Morgan fingerprint density at radius 3 is 2.33 bits per heavy atom. The Morgan fingerprint density at radius 2 is 1.83 bits per heavy atom. The van der Waals surface area contributed by atoms with Gasteiger partial charge in [-0.2, -0.15) is 8.78 Å². The molecule has 1 atom stereocenters. The highest BCUT2D eigenvalue weighted by Gasteiger charge is 2.24. The van der Waals surface area contributed by atoms with Crippen molar-refractivity contribution in [3.8, 4) is 0 Å². The lowest BCUT2D eigenvalue weighted by atomic mass is 10.2. The van der Waals surface area contributed by atoms with E-state index in [0.717, 1.165) is 0 Å². The number of nitrogens with one attached hydrogen (secondary N) is 2. The van der Waals surface area contributed by atoms with E-state index in [1.165, 1.54) is 12.1 Å². The third-order valence-corrected chi connectivity index (χ3v) is 1.92. The van der Waals surface area contributed by atoms with Crippen molar-refractivity contribution in [1.29, 1.82) is 0 Å². The van der Waals surface area contributed by atoms with Crippen LogP contribution in [0.5, 0.6) is 0 Å². The molecule has 0 aliphatic rings. The summed E-state index contributed by atoms with van der Waals surface area (Å²) in [4.78, 5) is 22.7. The van der Waals surface area contributed by atoms with Gasteiger partial charge in [0.1, 0.15) is 0 Å². The van der Waals surface area contributed by atoms with Crippen LogP contribution in [0.3, 0.4) is 0 Å². The number of hydrazine groups is 1. The summed E-state index contributed by atoms with van der Waals surface area (Å²) in [6.45, 7) is -3.22. The number of benzene rings is 1. The van der Waals surface area contributed by atoms with Gasteiger partial charge in [-0.3, -0.25) is 19.8 Å². The summed E-state index contributed by atoms with van der Waals surface area (Å²) >= 11 is 0. The Balaban J connectivity index is 2.71. The predicted octanol–water partition coefficient (Wildman–Crippen LogP) is -0.0284. The zero-order valence-electron chi connectivity index (χ0n) is 9.10. The monoisotopic (exact) mass is 259 g/mol. The van der Waals surface area contributed by atoms with Gasteiger partial charge in [-0.1, -0.05) is 18.2 Å². The molecule has 0 saturated carbocycles. The molecule has 0 aromatic heterocycles. The number of nitrogens with two attached hydrogens (primary N) is 1. The van der Waals surface area contributed by atoms with Crippen molar-refractivity contribution in [2.75, 3.05) is 0 Å². The Hall–Kier alpha value is -2.06. The lowest BCUT2D eigenvalue weighted by molar-refractivity contribution is -0.179. The van der Waals surface area contributed by atoms with Crippen molar-refractivity contribution in [2.24, 2.45) is 5.84 Å². The molecule has 18 heavy (non-hydrogen) atoms. The second kappa shape index (κ2) is 6.62. The van der Waals surface area contributed by atoms with Gasteiger partial charge in [0, 0.05) is 5.56 Å². The van der Waals surface area contributed by atoms with Crippen molar-refractivity contribution in [3.05, 3.63) is 35.9 Å². The Morgan fingerprint density at radius 1 is 1.22 bits per heavy atom. The molecule has 4 N–H and O–H groups in total. The highest BCUT2D eigenvalue weighted by atomic mass is 19.3. The van der Waals surface area contributed by atoms with Gasteiger partial charge >= 0.3 is 6.61 Å². The van der Waals surface area contributed by atoms with Crippen molar-refractivity contribution in [2.45, 2.75) is 12.8 Å². The van der Waals surface area contributed by atoms with Crippen LogP contribution in [0.15, 0.2) is 30.3 Å². The number of halogens is 2. The smallest absolute Gasteiger partial charge is 0.318 e. The average Bonchev–Trinajstić information content (AvgIpc) is 2.37. The molecule has 0 aliphatic carbocycles. The third-order valence-electron chi connectivity index (χ3n) is 1.92. The minimum atomic E-state index is -3.22. The molecule has 1 rings (SSSR count). The fraction of sp³-hybridized carbons (Fsp3) is 0.200. The van der Waals surface area contributed by atoms with Gasteiger partial charge in [-0.05, 0) is 12.1 Å². The van der Waals surface area contributed by atoms with E-state index < -0.39 is 24.7 Å². The van der Waals surface area contributed by atoms with Gasteiger partial charge < -0.3 is 5.32 Å². The van der Waals surface area contributed by atoms with Crippen LogP contribution in [-0.4, -0.2) is 24.7 Å². The van der Waals surface area contributed by atoms with E-state index in [0.29, 0.717) is 0 Å². The molecule has 0 aliphatic heterocycles. The summed E-state index contributed by atoms with van der Waals surface area (Å²) in [7, 11) is 0. The number of amides is 2. The van der Waals surface area contributed by atoms with Crippen molar-refractivity contribution < 1.29 is 23.1 Å². The molecule has 8 heteroatoms. The van der Waals surface area contributed by atoms with Crippen LogP contribution in [0.1, 0.15) is 10.4 Å². The van der Waals surface area contributed by atoms with E-state index in [9.17, 15) is 18.4 Å². The van der Waals surface area contributed by atoms with Crippen LogP contribution >= 0.6 is 0 Å². The van der Waals surface area contributed by atoms with E-state index in [1.54, 1.807) is 23.6 Å². The van der Waals surface area contributed by atoms with E-state index in [-0.39, 0.29) is 5.56 Å². The molecule has 0 saturated heterocycles. The maximum atomic E-state index is 12.0. The summed E-state index contributed by atoms with van der Waals surface area (Å²) in [6, 6.07) is 7.75. The minimum absolute atomic E-state index is 0.199. The summed E-state index contributed by atoms with van der Waals surface area (Å²) in [5.74, 6) is 2.97. The van der Waals surface area contributed by atoms with Crippen LogP contribution in [0.2, 0.25) is 0 Å². The minimum Gasteiger partial charge on any atom is -0.318 e. The third kappa shape index (κ3) is 4.07. The molecule has 0 heterocycles. The molecule has 1 unspecified atom stereocenters. The molecule has 1 aromatic carbocycles. The summed E-state index contributed by atoms with van der Waals surface area (Å²) in [5, 5.41) is 1.98. The Labute approximate surface area is 101 Å². The predicted molar refractivity (Wildman–Crippen MR) is 57.1 cm³/mol. The molecular weight excluding hydrogens is 248 g/mol. The quantitative estimate of drug-likeness (QED) is 0.299. The number of hydrogen-bond donors (Lipinski definition) is 3. The standard InChI is InChI=1S/C10H11F2N3O3/c11-10(12)18-9(8(17)15-13)14-7(16)6-4-2-1-3-5-6/h1-5,9-10H,13H2,(H,14,16)(H,15,17). The molecular formula is C10H11F2N3O3. The molecule has 6 nitrogen and oxygen atoms in total. The van der Waals surface area contributed by atoms with Crippen LogP contribution in [0, 0.1) is 0 Å². The van der Waals surface area contributed by atoms with E-state index in [2.05, 4.69) is 4.74 Å². The molecule has 0 bridgehead atoms. The Kier molecular flexibility index (Phi) is 5.15. The number of rotatable bonds is 5. The molecule has 0 radical (unpaired) electrons. The summed E-state index contributed by atoms with van der Waals surface area (Å²) in [6.07, 6.45) is -1.86. The van der Waals surface area contributed by atoms with Gasteiger partial charge in [0.05, 0.1) is 0 Å². The lowest BCUT2D eigenvalue weighted by Crippen LogP contribution is -2.51. The summed E-state index contributed by atoms with van der Waals surface area (Å²) in [5.41, 5.74) is 1.81. The highest BCUT2D eigenvalue weighted by molar-refractivity contribution is 5.96. The number of carbonyl (C=O) groups excluding carboxylic acids is 2. The van der Waals surface area contributed by atoms with Gasteiger partial charge in [0.15, 0.2) is 0 Å². The second-order valence-electron chi connectivity index (χ2n) is 3.12. The highest BCUT2D eigenvalue weighted by Crippen LogP contribution is 2.03. The zero-order chi connectivity index (χ0) is 13.5. The fourth-order valence-electron chi connectivity index (χ4n) is 1.13. The normalized spacial score (nSPS) is 12.0. The first-order valence-electron chi connectivity index (χ1n) is 4.84. The van der Waals surface area contributed by atoms with Gasteiger partial charge in [-0.25, -0.2) is 5.84 Å². The molecule has 0 spiro atoms. The maximum absolute atomic E-state index is 12.0. The van der Waals surface area contributed by atoms with Crippen molar-refractivity contribution in [1.82, 2.24) is 10.7 Å². The van der Waals surface area contributed by atoms with Crippen LogP contribution in [0.25, 0.3) is 0 Å². The molecule has 98 valence electrons. The number of alkyl halides is 2. The first-order valence-corrected chi connectivity index (χ1v) is 4.84. The van der Waals surface area contributed by atoms with Crippen molar-refractivity contribution >= 4 is 11.8 Å². The first kappa shape index (κ1) is 14.0. The van der Waals surface area contributed by atoms with Crippen molar-refractivity contribution in [3.63, 3.8) is 0 Å². The summed E-state index contributed by atoms with van der Waals surface area (Å²) < 4.78 is 28.0. The van der Waals surface area contributed by atoms with Crippen LogP contribution < -0.4 is 16.6 Å². The zero-order valence-corrected chi connectivity index (χ0v) is 9.10. The lowest BCUT2D eigenvalue weighted by Gasteiger charge is -2.16. The molecule has 1 aromatic rings.